The van der Waals surface area contributed by atoms with Crippen LogP contribution in [0.2, 0.25) is 5.02 Å². The van der Waals surface area contributed by atoms with Gasteiger partial charge in [0.1, 0.15) is 12.6 Å². The minimum atomic E-state index is -0.624. The van der Waals surface area contributed by atoms with E-state index >= 15 is 0 Å². The first kappa shape index (κ1) is 20.9. The summed E-state index contributed by atoms with van der Waals surface area (Å²) in [4.78, 5) is 31.3. The predicted octanol–water partition coefficient (Wildman–Crippen LogP) is 4.99. The molecule has 3 aromatic rings. The second kappa shape index (κ2) is 9.18. The van der Waals surface area contributed by atoms with Crippen LogP contribution in [0.4, 0.5) is 4.79 Å². The van der Waals surface area contributed by atoms with E-state index in [1.165, 1.54) is 4.90 Å². The van der Waals surface area contributed by atoms with E-state index in [-0.39, 0.29) is 24.9 Å². The highest BCUT2D eigenvalue weighted by Gasteiger charge is 2.39. The molecule has 0 unspecified atom stereocenters. The molecule has 1 aliphatic rings. The summed E-state index contributed by atoms with van der Waals surface area (Å²) >= 11 is 6.05. The highest BCUT2D eigenvalue weighted by molar-refractivity contribution is 6.30. The van der Waals surface area contributed by atoms with Crippen molar-refractivity contribution in [2.45, 2.75) is 18.4 Å². The van der Waals surface area contributed by atoms with Crippen molar-refractivity contribution in [1.29, 1.82) is 0 Å². The molecule has 0 spiro atoms. The molecule has 31 heavy (non-hydrogen) atoms. The zero-order chi connectivity index (χ0) is 21.8. The number of hydrogen-bond acceptors (Lipinski definition) is 5. The molecule has 0 bridgehead atoms. The topological polar surface area (TPSA) is 68.7 Å². The van der Waals surface area contributed by atoms with Gasteiger partial charge in [-0.2, -0.15) is 0 Å². The summed E-state index contributed by atoms with van der Waals surface area (Å²) in [6, 6.07) is 19.9. The van der Waals surface area contributed by atoms with Crippen molar-refractivity contribution < 1.29 is 19.1 Å². The van der Waals surface area contributed by atoms with Gasteiger partial charge in [-0.3, -0.25) is 4.79 Å². The van der Waals surface area contributed by atoms with Gasteiger partial charge in [-0.15, -0.1) is 0 Å². The Kier molecular flexibility index (Phi) is 6.18. The molecule has 1 aromatic heterocycles. The Bertz CT molecular complexity index is 1060. The normalized spacial score (nSPS) is 16.6. The first-order chi connectivity index (χ1) is 15.1. The van der Waals surface area contributed by atoms with Crippen LogP contribution in [0.3, 0.4) is 0 Å². The van der Waals surface area contributed by atoms with E-state index < -0.39 is 12.1 Å². The van der Waals surface area contributed by atoms with Crippen molar-refractivity contribution in [3.8, 4) is 5.88 Å². The zero-order valence-electron chi connectivity index (χ0n) is 16.9. The maximum atomic E-state index is 13.3. The van der Waals surface area contributed by atoms with Crippen molar-refractivity contribution in [3.63, 3.8) is 0 Å². The molecule has 0 aliphatic carbocycles. The number of nitrogens with zero attached hydrogens (tertiary/aromatic N) is 2. The summed E-state index contributed by atoms with van der Waals surface area (Å²) in [7, 11) is 1.55. The summed E-state index contributed by atoms with van der Waals surface area (Å²) in [5.41, 5.74) is 2.59. The second-order valence-electron chi connectivity index (χ2n) is 7.21. The number of carbonyl (C=O) groups is 2. The highest BCUT2D eigenvalue weighted by atomic mass is 35.5. The quantitative estimate of drug-likeness (QED) is 0.544. The first-order valence-electron chi connectivity index (χ1n) is 9.86. The van der Waals surface area contributed by atoms with Crippen LogP contribution in [0, 0.1) is 0 Å². The summed E-state index contributed by atoms with van der Waals surface area (Å²) in [5, 5.41) is 0.606. The molecule has 158 valence electrons. The molecule has 2 aromatic carbocycles. The molecule has 4 rings (SSSR count). The number of hydrogen-bond donors (Lipinski definition) is 0. The lowest BCUT2D eigenvalue weighted by atomic mass is 9.89. The third-order valence-corrected chi connectivity index (χ3v) is 5.60. The van der Waals surface area contributed by atoms with Crippen LogP contribution in [-0.4, -0.2) is 35.6 Å². The van der Waals surface area contributed by atoms with Crippen LogP contribution < -0.4 is 4.74 Å². The molecule has 0 N–H and O–H groups in total. The van der Waals surface area contributed by atoms with Crippen LogP contribution in [0.25, 0.3) is 0 Å². The number of cyclic esters (lactones) is 1. The Hall–Kier alpha value is -3.38. The third kappa shape index (κ3) is 4.54. The van der Waals surface area contributed by atoms with Gasteiger partial charge in [-0.05, 0) is 28.8 Å². The zero-order valence-corrected chi connectivity index (χ0v) is 17.7. The largest absolute Gasteiger partial charge is 0.481 e. The number of imide groups is 1. The van der Waals surface area contributed by atoms with Gasteiger partial charge in [0.25, 0.3) is 0 Å². The third-order valence-electron chi connectivity index (χ3n) is 5.35. The fraction of sp³-hybridized carbons (Fsp3) is 0.208. The van der Waals surface area contributed by atoms with Crippen LogP contribution in [0.1, 0.15) is 35.1 Å². The van der Waals surface area contributed by atoms with E-state index in [9.17, 15) is 9.59 Å². The molecular formula is C24H21ClN2O4. The van der Waals surface area contributed by atoms with E-state index in [0.717, 1.165) is 16.7 Å². The molecule has 7 heteroatoms. The van der Waals surface area contributed by atoms with Crippen LogP contribution in [0.15, 0.2) is 72.9 Å². The van der Waals surface area contributed by atoms with Crippen molar-refractivity contribution in [2.75, 3.05) is 13.7 Å². The fourth-order valence-corrected chi connectivity index (χ4v) is 3.86. The number of methoxy groups -OCH3 is 1. The van der Waals surface area contributed by atoms with Crippen molar-refractivity contribution in [1.82, 2.24) is 9.88 Å². The number of ether oxygens (including phenoxy) is 2. The van der Waals surface area contributed by atoms with E-state index in [4.69, 9.17) is 21.1 Å². The van der Waals surface area contributed by atoms with Crippen molar-refractivity contribution in [3.05, 3.63) is 94.6 Å². The number of pyridine rings is 1. The molecule has 6 nitrogen and oxygen atoms in total. The van der Waals surface area contributed by atoms with E-state index in [0.29, 0.717) is 10.9 Å². The van der Waals surface area contributed by atoms with E-state index in [1.807, 2.05) is 48.5 Å². The Labute approximate surface area is 185 Å². The molecular weight excluding hydrogens is 416 g/mol. The minimum absolute atomic E-state index is 0.0775. The Morgan fingerprint density at radius 1 is 1.13 bits per heavy atom. The molecule has 2 amide bonds. The lowest BCUT2D eigenvalue weighted by Gasteiger charge is -2.23. The Balaban J connectivity index is 1.64. The van der Waals surface area contributed by atoms with Gasteiger partial charge >= 0.3 is 6.09 Å². The average molecular weight is 437 g/mol. The number of rotatable bonds is 6. The summed E-state index contributed by atoms with van der Waals surface area (Å²) in [5.74, 6) is -0.141. The SMILES string of the molecule is COc1ccc([C@@H](CC(=O)N2C(=O)OC[C@H]2c2ccccc2)c2ccc(Cl)cc2)cn1. The van der Waals surface area contributed by atoms with Gasteiger partial charge in [0.15, 0.2) is 0 Å². The first-order valence-corrected chi connectivity index (χ1v) is 10.2. The van der Waals surface area contributed by atoms with Gasteiger partial charge in [-0.1, -0.05) is 60.1 Å². The Morgan fingerprint density at radius 3 is 2.48 bits per heavy atom. The molecule has 1 saturated heterocycles. The van der Waals surface area contributed by atoms with Gasteiger partial charge in [-0.25, -0.2) is 14.7 Å². The maximum Gasteiger partial charge on any atom is 0.417 e. The van der Waals surface area contributed by atoms with Gasteiger partial charge in [0.05, 0.1) is 7.11 Å². The summed E-state index contributed by atoms with van der Waals surface area (Å²) < 4.78 is 10.4. The van der Waals surface area contributed by atoms with E-state index in [1.54, 1.807) is 31.5 Å². The average Bonchev–Trinajstić information content (AvgIpc) is 3.20. The molecule has 1 aliphatic heterocycles. The van der Waals surface area contributed by atoms with Crippen LogP contribution >= 0.6 is 11.6 Å². The number of aromatic nitrogens is 1. The summed E-state index contributed by atoms with van der Waals surface area (Å²) in [6.45, 7) is 0.143. The molecule has 0 radical (unpaired) electrons. The van der Waals surface area contributed by atoms with Gasteiger partial charge in [0, 0.05) is 29.6 Å². The van der Waals surface area contributed by atoms with Crippen LogP contribution in [-0.2, 0) is 9.53 Å². The number of carbonyl (C=O) groups excluding carboxylic acids is 2. The predicted molar refractivity (Wildman–Crippen MR) is 116 cm³/mol. The Morgan fingerprint density at radius 2 is 1.84 bits per heavy atom. The van der Waals surface area contributed by atoms with Crippen molar-refractivity contribution in [2.24, 2.45) is 0 Å². The second-order valence-corrected chi connectivity index (χ2v) is 7.65. The lowest BCUT2D eigenvalue weighted by molar-refractivity contribution is -0.129. The van der Waals surface area contributed by atoms with E-state index in [2.05, 4.69) is 4.98 Å². The minimum Gasteiger partial charge on any atom is -0.481 e. The molecule has 2 atom stereocenters. The fourth-order valence-electron chi connectivity index (χ4n) is 3.73. The maximum absolute atomic E-state index is 13.3. The van der Waals surface area contributed by atoms with Crippen LogP contribution in [0.5, 0.6) is 5.88 Å². The highest BCUT2D eigenvalue weighted by Crippen LogP contribution is 2.34. The van der Waals surface area contributed by atoms with Gasteiger partial charge < -0.3 is 9.47 Å². The number of halogens is 1. The number of benzene rings is 2. The molecule has 0 saturated carbocycles. The standard InChI is InChI=1S/C24H21ClN2O4/c1-30-22-12-9-18(14-26-22)20(16-7-10-19(25)11-8-16)13-23(28)27-21(15-31-24(27)29)17-5-3-2-4-6-17/h2-12,14,20-21H,13,15H2,1H3/t20-,21-/m0/s1. The van der Waals surface area contributed by atoms with Gasteiger partial charge in [0.2, 0.25) is 11.8 Å². The number of amides is 2. The molecule has 2 heterocycles. The lowest BCUT2D eigenvalue weighted by Crippen LogP contribution is -2.35. The summed E-state index contributed by atoms with van der Waals surface area (Å²) in [6.07, 6.45) is 1.14. The monoisotopic (exact) mass is 436 g/mol. The smallest absolute Gasteiger partial charge is 0.417 e. The molecule has 1 fully saturated rings. The van der Waals surface area contributed by atoms with Crippen molar-refractivity contribution >= 4 is 23.6 Å².